The van der Waals surface area contributed by atoms with Crippen LogP contribution in [0.1, 0.15) is 25.7 Å². The molecule has 1 unspecified atom stereocenters. The predicted octanol–water partition coefficient (Wildman–Crippen LogP) is 2.78. The second-order valence-electron chi connectivity index (χ2n) is 6.07. The molecule has 4 nitrogen and oxygen atoms in total. The average Bonchev–Trinajstić information content (AvgIpc) is 2.81. The van der Waals surface area contributed by atoms with Crippen LogP contribution in [0, 0.1) is 0 Å². The molecule has 2 amide bonds. The summed E-state index contributed by atoms with van der Waals surface area (Å²) in [6.45, 7) is 2.89. The molecule has 1 atom stereocenters. The molecule has 4 heteroatoms. The Morgan fingerprint density at radius 2 is 1.85 bits per heavy atom. The number of carbonyl (C=O) groups is 1. The van der Waals surface area contributed by atoms with Crippen LogP contribution in [0.2, 0.25) is 0 Å². The van der Waals surface area contributed by atoms with Crippen molar-refractivity contribution in [1.29, 1.82) is 0 Å². The van der Waals surface area contributed by atoms with Gasteiger partial charge in [-0.2, -0.15) is 0 Å². The number of benzene rings is 1. The van der Waals surface area contributed by atoms with E-state index in [2.05, 4.69) is 17.3 Å². The van der Waals surface area contributed by atoms with E-state index in [-0.39, 0.29) is 11.6 Å². The molecule has 0 bridgehead atoms. The van der Waals surface area contributed by atoms with Gasteiger partial charge in [-0.15, -0.1) is 0 Å². The van der Waals surface area contributed by atoms with Gasteiger partial charge >= 0.3 is 6.03 Å². The molecule has 3 rings (SSSR count). The highest BCUT2D eigenvalue weighted by Crippen LogP contribution is 2.36. The largest absolute Gasteiger partial charge is 0.323 e. The molecule has 2 aliphatic heterocycles. The first-order valence-corrected chi connectivity index (χ1v) is 7.52. The molecule has 0 aliphatic carbocycles. The van der Waals surface area contributed by atoms with E-state index in [0.717, 1.165) is 31.7 Å². The monoisotopic (exact) mass is 273 g/mol. The first-order valence-electron chi connectivity index (χ1n) is 7.52. The normalized spacial score (nSPS) is 26.9. The minimum Gasteiger partial charge on any atom is -0.323 e. The lowest BCUT2D eigenvalue weighted by atomic mass is 9.87. The molecular formula is C16H23N3O. The molecule has 2 saturated heterocycles. The molecular weight excluding hydrogens is 250 g/mol. The number of anilines is 1. The van der Waals surface area contributed by atoms with E-state index in [1.807, 2.05) is 35.2 Å². The summed E-state index contributed by atoms with van der Waals surface area (Å²) in [6.07, 6.45) is 4.80. The molecule has 1 spiro atoms. The van der Waals surface area contributed by atoms with E-state index in [1.54, 1.807) is 0 Å². The van der Waals surface area contributed by atoms with Crippen molar-refractivity contribution >= 4 is 11.7 Å². The van der Waals surface area contributed by atoms with Crippen molar-refractivity contribution in [3.05, 3.63) is 30.3 Å². The second-order valence-corrected chi connectivity index (χ2v) is 6.07. The van der Waals surface area contributed by atoms with Crippen LogP contribution in [0.25, 0.3) is 0 Å². The number of piperidine rings is 1. The van der Waals surface area contributed by atoms with Gasteiger partial charge in [-0.05, 0) is 51.4 Å². The molecule has 1 aromatic carbocycles. The Kier molecular flexibility index (Phi) is 3.66. The standard InChI is InChI=1S/C16H23N3O/c1-18-11-5-9-16(18)10-6-12-19(13-16)15(20)17-14-7-3-2-4-8-14/h2-4,7-8H,5-6,9-13H2,1H3,(H,17,20). The molecule has 2 fully saturated rings. The first-order chi connectivity index (χ1) is 9.70. The van der Waals surface area contributed by atoms with Gasteiger partial charge in [0.1, 0.15) is 0 Å². The van der Waals surface area contributed by atoms with E-state index in [9.17, 15) is 4.79 Å². The summed E-state index contributed by atoms with van der Waals surface area (Å²) in [5.74, 6) is 0. The fourth-order valence-corrected chi connectivity index (χ4v) is 3.60. The second kappa shape index (κ2) is 5.44. The first kappa shape index (κ1) is 13.4. The average molecular weight is 273 g/mol. The molecule has 0 radical (unpaired) electrons. The van der Waals surface area contributed by atoms with Crippen LogP contribution in [0.15, 0.2) is 30.3 Å². The molecule has 0 aromatic heterocycles. The zero-order valence-electron chi connectivity index (χ0n) is 12.1. The number of amides is 2. The van der Waals surface area contributed by atoms with Gasteiger partial charge in [0.05, 0.1) is 0 Å². The fraction of sp³-hybridized carbons (Fsp3) is 0.562. The summed E-state index contributed by atoms with van der Waals surface area (Å²) in [6, 6.07) is 9.74. The third-order valence-corrected chi connectivity index (χ3v) is 4.81. The minimum absolute atomic E-state index is 0.0376. The smallest absolute Gasteiger partial charge is 0.321 e. The van der Waals surface area contributed by atoms with Crippen molar-refractivity contribution < 1.29 is 4.79 Å². The molecule has 108 valence electrons. The maximum absolute atomic E-state index is 12.4. The van der Waals surface area contributed by atoms with Gasteiger partial charge in [-0.3, -0.25) is 4.90 Å². The van der Waals surface area contributed by atoms with E-state index in [4.69, 9.17) is 0 Å². The van der Waals surface area contributed by atoms with E-state index < -0.39 is 0 Å². The molecule has 1 N–H and O–H groups in total. The molecule has 1 aromatic rings. The van der Waals surface area contributed by atoms with E-state index in [0.29, 0.717) is 0 Å². The van der Waals surface area contributed by atoms with Crippen molar-refractivity contribution in [2.45, 2.75) is 31.2 Å². The summed E-state index contributed by atoms with van der Waals surface area (Å²) in [5.41, 5.74) is 1.10. The maximum Gasteiger partial charge on any atom is 0.321 e. The van der Waals surface area contributed by atoms with E-state index >= 15 is 0 Å². The number of rotatable bonds is 1. The molecule has 2 heterocycles. The van der Waals surface area contributed by atoms with Crippen LogP contribution in [-0.2, 0) is 0 Å². The Bertz CT molecular complexity index is 476. The predicted molar refractivity (Wildman–Crippen MR) is 80.9 cm³/mol. The number of likely N-dealkylation sites (N-methyl/N-ethyl adjacent to an activating group) is 1. The molecule has 0 saturated carbocycles. The SMILES string of the molecule is CN1CCCC12CCCN(C(=O)Nc1ccccc1)C2. The number of carbonyl (C=O) groups excluding carboxylic acids is 1. The fourth-order valence-electron chi connectivity index (χ4n) is 3.60. The number of para-hydroxylation sites is 1. The summed E-state index contributed by atoms with van der Waals surface area (Å²) in [4.78, 5) is 16.8. The van der Waals surface area contributed by atoms with Crippen LogP contribution in [0.5, 0.6) is 0 Å². The number of hydrogen-bond donors (Lipinski definition) is 1. The summed E-state index contributed by atoms with van der Waals surface area (Å²) >= 11 is 0. The van der Waals surface area contributed by atoms with Gasteiger partial charge in [-0.1, -0.05) is 18.2 Å². The van der Waals surface area contributed by atoms with Gasteiger partial charge in [-0.25, -0.2) is 4.79 Å². The third kappa shape index (κ3) is 2.52. The summed E-state index contributed by atoms with van der Waals surface area (Å²) < 4.78 is 0. The van der Waals surface area contributed by atoms with Crippen LogP contribution in [0.4, 0.5) is 10.5 Å². The lowest BCUT2D eigenvalue weighted by Gasteiger charge is -2.44. The Morgan fingerprint density at radius 1 is 1.15 bits per heavy atom. The number of likely N-dealkylation sites (tertiary alicyclic amines) is 2. The Hall–Kier alpha value is -1.55. The van der Waals surface area contributed by atoms with Crippen molar-refractivity contribution in [1.82, 2.24) is 9.80 Å². The van der Waals surface area contributed by atoms with Gasteiger partial charge in [0.25, 0.3) is 0 Å². The van der Waals surface area contributed by atoms with Crippen molar-refractivity contribution in [2.75, 3.05) is 32.0 Å². The number of nitrogens with one attached hydrogen (secondary N) is 1. The number of nitrogens with zero attached hydrogens (tertiary/aromatic N) is 2. The lowest BCUT2D eigenvalue weighted by Crippen LogP contribution is -2.56. The van der Waals surface area contributed by atoms with Crippen LogP contribution in [-0.4, -0.2) is 48.1 Å². The minimum atomic E-state index is 0.0376. The highest BCUT2D eigenvalue weighted by atomic mass is 16.2. The van der Waals surface area contributed by atoms with Crippen LogP contribution < -0.4 is 5.32 Å². The van der Waals surface area contributed by atoms with Gasteiger partial charge < -0.3 is 10.2 Å². The summed E-state index contributed by atoms with van der Waals surface area (Å²) in [7, 11) is 2.20. The molecule has 20 heavy (non-hydrogen) atoms. The Balaban J connectivity index is 1.66. The van der Waals surface area contributed by atoms with Gasteiger partial charge in [0.2, 0.25) is 0 Å². The lowest BCUT2D eigenvalue weighted by molar-refractivity contribution is 0.0771. The van der Waals surface area contributed by atoms with Crippen LogP contribution in [0.3, 0.4) is 0 Å². The Morgan fingerprint density at radius 3 is 2.55 bits per heavy atom. The maximum atomic E-state index is 12.4. The van der Waals surface area contributed by atoms with Crippen LogP contribution >= 0.6 is 0 Å². The Labute approximate surface area is 120 Å². The molecule has 2 aliphatic rings. The third-order valence-electron chi connectivity index (χ3n) is 4.81. The van der Waals surface area contributed by atoms with E-state index in [1.165, 1.54) is 19.3 Å². The number of hydrogen-bond acceptors (Lipinski definition) is 2. The van der Waals surface area contributed by atoms with Crippen molar-refractivity contribution in [3.8, 4) is 0 Å². The highest BCUT2D eigenvalue weighted by Gasteiger charge is 2.42. The zero-order valence-corrected chi connectivity index (χ0v) is 12.1. The number of urea groups is 1. The van der Waals surface area contributed by atoms with Crippen molar-refractivity contribution in [2.24, 2.45) is 0 Å². The quantitative estimate of drug-likeness (QED) is 0.854. The van der Waals surface area contributed by atoms with Gasteiger partial charge in [0.15, 0.2) is 0 Å². The van der Waals surface area contributed by atoms with Gasteiger partial charge in [0, 0.05) is 24.3 Å². The highest BCUT2D eigenvalue weighted by molar-refractivity contribution is 5.89. The topological polar surface area (TPSA) is 35.6 Å². The summed E-state index contributed by atoms with van der Waals surface area (Å²) in [5, 5.41) is 3.00. The van der Waals surface area contributed by atoms with Crippen molar-refractivity contribution in [3.63, 3.8) is 0 Å². The zero-order chi connectivity index (χ0) is 14.0.